The maximum Gasteiger partial charge on any atom is 0.337 e. The van der Waals surface area contributed by atoms with E-state index in [1.807, 2.05) is 6.92 Å². The highest BCUT2D eigenvalue weighted by Crippen LogP contribution is 2.04. The van der Waals surface area contributed by atoms with Gasteiger partial charge in [0.25, 0.3) is 0 Å². The Balaban J connectivity index is 2.43. The van der Waals surface area contributed by atoms with Gasteiger partial charge in [-0.15, -0.1) is 0 Å². The number of carboxylic acids is 1. The van der Waals surface area contributed by atoms with E-state index in [0.717, 1.165) is 0 Å². The standard InChI is InChI=1S/C10H14N2O3S/c1-2-16(15)6-5-11-9-4-3-8(7-12-9)10(13)14/h3-4,7H,2,5-6H2,1H3,(H,11,12)(H,13,14). The minimum Gasteiger partial charge on any atom is -0.478 e. The van der Waals surface area contributed by atoms with Crippen LogP contribution in [0, 0.1) is 0 Å². The van der Waals surface area contributed by atoms with Crippen LogP contribution in [0.25, 0.3) is 0 Å². The molecule has 0 saturated carbocycles. The number of hydrogen-bond donors (Lipinski definition) is 2. The van der Waals surface area contributed by atoms with Crippen molar-refractivity contribution in [3.8, 4) is 0 Å². The highest BCUT2D eigenvalue weighted by atomic mass is 32.2. The van der Waals surface area contributed by atoms with Gasteiger partial charge in [0.2, 0.25) is 0 Å². The van der Waals surface area contributed by atoms with Crippen LogP contribution in [0.4, 0.5) is 5.82 Å². The van der Waals surface area contributed by atoms with Gasteiger partial charge >= 0.3 is 5.97 Å². The Kier molecular flexibility index (Phi) is 4.91. The van der Waals surface area contributed by atoms with Gasteiger partial charge in [-0.2, -0.15) is 0 Å². The molecule has 0 aromatic carbocycles. The van der Waals surface area contributed by atoms with Crippen LogP contribution in [-0.2, 0) is 10.8 Å². The van der Waals surface area contributed by atoms with Crippen LogP contribution < -0.4 is 5.32 Å². The molecule has 0 spiro atoms. The average molecular weight is 242 g/mol. The molecule has 0 saturated heterocycles. The van der Waals surface area contributed by atoms with E-state index < -0.39 is 16.8 Å². The van der Waals surface area contributed by atoms with Gasteiger partial charge in [-0.3, -0.25) is 4.21 Å². The Labute approximate surface area is 96.4 Å². The maximum atomic E-state index is 11.1. The number of carbonyl (C=O) groups is 1. The number of pyridine rings is 1. The second-order valence-electron chi connectivity index (χ2n) is 3.10. The number of aromatic carboxylic acids is 1. The molecule has 1 atom stereocenters. The summed E-state index contributed by atoms with van der Waals surface area (Å²) >= 11 is 0. The molecule has 0 aliphatic heterocycles. The fourth-order valence-corrected chi connectivity index (χ4v) is 1.68. The van der Waals surface area contributed by atoms with Crippen molar-refractivity contribution in [2.75, 3.05) is 23.4 Å². The van der Waals surface area contributed by atoms with E-state index >= 15 is 0 Å². The third-order valence-corrected chi connectivity index (χ3v) is 3.27. The summed E-state index contributed by atoms with van der Waals surface area (Å²) in [7, 11) is -0.797. The Hall–Kier alpha value is -1.43. The van der Waals surface area contributed by atoms with E-state index in [4.69, 9.17) is 5.11 Å². The Morgan fingerprint density at radius 1 is 1.56 bits per heavy atom. The second-order valence-corrected chi connectivity index (χ2v) is 4.96. The smallest absolute Gasteiger partial charge is 0.337 e. The largest absolute Gasteiger partial charge is 0.478 e. The number of carboxylic acid groups (broad SMARTS) is 1. The van der Waals surface area contributed by atoms with E-state index in [1.165, 1.54) is 12.3 Å². The van der Waals surface area contributed by atoms with Crippen molar-refractivity contribution >= 4 is 22.6 Å². The van der Waals surface area contributed by atoms with Gasteiger partial charge in [-0.25, -0.2) is 9.78 Å². The quantitative estimate of drug-likeness (QED) is 0.776. The van der Waals surface area contributed by atoms with Crippen molar-refractivity contribution < 1.29 is 14.1 Å². The summed E-state index contributed by atoms with van der Waals surface area (Å²) in [4.78, 5) is 14.5. The van der Waals surface area contributed by atoms with E-state index in [-0.39, 0.29) is 5.56 Å². The van der Waals surface area contributed by atoms with Crippen LogP contribution in [0.5, 0.6) is 0 Å². The first-order valence-corrected chi connectivity index (χ1v) is 6.40. The molecule has 88 valence electrons. The number of anilines is 1. The first-order chi connectivity index (χ1) is 7.63. The van der Waals surface area contributed by atoms with Crippen molar-refractivity contribution in [2.45, 2.75) is 6.92 Å². The maximum absolute atomic E-state index is 11.1. The second kappa shape index (κ2) is 6.22. The summed E-state index contributed by atoms with van der Waals surface area (Å²) in [6, 6.07) is 3.08. The lowest BCUT2D eigenvalue weighted by molar-refractivity contribution is 0.0696. The zero-order valence-corrected chi connectivity index (χ0v) is 9.79. The van der Waals surface area contributed by atoms with Crippen molar-refractivity contribution in [3.05, 3.63) is 23.9 Å². The molecule has 1 unspecified atom stereocenters. The molecule has 1 aromatic rings. The fourth-order valence-electron chi connectivity index (χ4n) is 1.06. The molecule has 0 bridgehead atoms. The van der Waals surface area contributed by atoms with Gasteiger partial charge in [0.1, 0.15) is 5.82 Å². The molecule has 2 N–H and O–H groups in total. The van der Waals surface area contributed by atoms with Gasteiger partial charge < -0.3 is 10.4 Å². The molecule has 5 nitrogen and oxygen atoms in total. The van der Waals surface area contributed by atoms with E-state index in [0.29, 0.717) is 23.9 Å². The van der Waals surface area contributed by atoms with Crippen LogP contribution in [0.1, 0.15) is 17.3 Å². The fraction of sp³-hybridized carbons (Fsp3) is 0.400. The predicted molar refractivity (Wildman–Crippen MR) is 63.2 cm³/mol. The minimum absolute atomic E-state index is 0.155. The Bertz CT molecular complexity index is 378. The minimum atomic E-state index is -0.994. The number of rotatable bonds is 6. The van der Waals surface area contributed by atoms with Gasteiger partial charge in [0.05, 0.1) is 5.56 Å². The van der Waals surface area contributed by atoms with Crippen molar-refractivity contribution in [3.63, 3.8) is 0 Å². The topological polar surface area (TPSA) is 79.3 Å². The van der Waals surface area contributed by atoms with Gasteiger partial charge in [0.15, 0.2) is 0 Å². The molecule has 0 amide bonds. The molecule has 1 aromatic heterocycles. The summed E-state index contributed by atoms with van der Waals surface area (Å²) in [6.45, 7) is 2.44. The Morgan fingerprint density at radius 2 is 2.31 bits per heavy atom. The molecule has 6 heteroatoms. The number of hydrogen-bond acceptors (Lipinski definition) is 4. The lowest BCUT2D eigenvalue weighted by Crippen LogP contribution is -2.12. The highest BCUT2D eigenvalue weighted by Gasteiger charge is 2.02. The van der Waals surface area contributed by atoms with Crippen LogP contribution in [0.2, 0.25) is 0 Å². The zero-order valence-electron chi connectivity index (χ0n) is 8.97. The van der Waals surface area contributed by atoms with E-state index in [2.05, 4.69) is 10.3 Å². The first-order valence-electron chi connectivity index (χ1n) is 4.91. The molecule has 1 heterocycles. The molecule has 16 heavy (non-hydrogen) atoms. The molecule has 1 rings (SSSR count). The summed E-state index contributed by atoms with van der Waals surface area (Å²) in [5.41, 5.74) is 0.155. The third kappa shape index (κ3) is 3.98. The van der Waals surface area contributed by atoms with Gasteiger partial charge in [0, 0.05) is 35.0 Å². The van der Waals surface area contributed by atoms with Gasteiger partial charge in [-0.05, 0) is 12.1 Å². The molecule has 0 aliphatic rings. The van der Waals surface area contributed by atoms with Crippen molar-refractivity contribution in [1.29, 1.82) is 0 Å². The summed E-state index contributed by atoms with van der Waals surface area (Å²) in [5, 5.41) is 11.6. The van der Waals surface area contributed by atoms with Gasteiger partial charge in [-0.1, -0.05) is 6.92 Å². The molecule has 0 fully saturated rings. The molecule has 0 radical (unpaired) electrons. The number of aromatic nitrogens is 1. The predicted octanol–water partition coefficient (Wildman–Crippen LogP) is 0.960. The van der Waals surface area contributed by atoms with Crippen molar-refractivity contribution in [2.24, 2.45) is 0 Å². The number of nitrogens with one attached hydrogen (secondary N) is 1. The van der Waals surface area contributed by atoms with Crippen LogP contribution in [-0.4, -0.2) is 38.3 Å². The summed E-state index contributed by atoms with van der Waals surface area (Å²) < 4.78 is 11.1. The highest BCUT2D eigenvalue weighted by molar-refractivity contribution is 7.84. The third-order valence-electron chi connectivity index (χ3n) is 1.97. The zero-order chi connectivity index (χ0) is 12.0. The van der Waals surface area contributed by atoms with E-state index in [1.54, 1.807) is 6.07 Å². The van der Waals surface area contributed by atoms with Crippen LogP contribution in [0.3, 0.4) is 0 Å². The number of nitrogens with zero attached hydrogens (tertiary/aromatic N) is 1. The Morgan fingerprint density at radius 3 is 2.81 bits per heavy atom. The van der Waals surface area contributed by atoms with Crippen LogP contribution >= 0.6 is 0 Å². The lowest BCUT2D eigenvalue weighted by atomic mass is 10.3. The molecular weight excluding hydrogens is 228 g/mol. The average Bonchev–Trinajstić information content (AvgIpc) is 2.29. The summed E-state index contributed by atoms with van der Waals surface area (Å²) in [6.07, 6.45) is 1.29. The SMILES string of the molecule is CCS(=O)CCNc1ccc(C(=O)O)cn1. The first kappa shape index (κ1) is 12.6. The van der Waals surface area contributed by atoms with E-state index in [9.17, 15) is 9.00 Å². The monoisotopic (exact) mass is 242 g/mol. The van der Waals surface area contributed by atoms with Crippen molar-refractivity contribution in [1.82, 2.24) is 4.98 Å². The molecule has 0 aliphatic carbocycles. The lowest BCUT2D eigenvalue weighted by Gasteiger charge is -2.04. The normalized spacial score (nSPS) is 12.1. The molecular formula is C10H14N2O3S. The van der Waals surface area contributed by atoms with Crippen LogP contribution in [0.15, 0.2) is 18.3 Å². The summed E-state index contributed by atoms with van der Waals surface area (Å²) in [5.74, 6) is 0.815.